The molecule has 1 aromatic carbocycles. The van der Waals surface area contributed by atoms with Gasteiger partial charge < -0.3 is 0 Å². The molecule has 0 saturated heterocycles. The summed E-state index contributed by atoms with van der Waals surface area (Å²) in [5.74, 6) is 2.55. The van der Waals surface area contributed by atoms with Crippen molar-refractivity contribution < 1.29 is 4.79 Å². The molecule has 0 amide bonds. The van der Waals surface area contributed by atoms with E-state index in [0.29, 0.717) is 29.0 Å². The van der Waals surface area contributed by atoms with Gasteiger partial charge in [0.25, 0.3) is 0 Å². The Bertz CT molecular complexity index is 488. The Morgan fingerprint density at radius 2 is 1.62 bits per heavy atom. The summed E-state index contributed by atoms with van der Waals surface area (Å²) in [5, 5.41) is 0. The van der Waals surface area contributed by atoms with Crippen molar-refractivity contribution >= 4 is 5.78 Å². The second-order valence-electron chi connectivity index (χ2n) is 8.18. The molecule has 21 heavy (non-hydrogen) atoms. The van der Waals surface area contributed by atoms with E-state index in [-0.39, 0.29) is 0 Å². The molecule has 2 saturated carbocycles. The number of hydrogen-bond acceptors (Lipinski definition) is 1. The predicted octanol–water partition coefficient (Wildman–Crippen LogP) is 5.21. The molecule has 1 nitrogen and oxygen atoms in total. The van der Waals surface area contributed by atoms with Gasteiger partial charge in [-0.3, -0.25) is 4.79 Å². The van der Waals surface area contributed by atoms with Gasteiger partial charge in [-0.05, 0) is 54.9 Å². The van der Waals surface area contributed by atoms with E-state index < -0.39 is 0 Å². The highest BCUT2D eigenvalue weighted by Gasteiger charge is 2.46. The number of benzene rings is 1. The number of carbonyl (C=O) groups excluding carboxylic acids is 1. The van der Waals surface area contributed by atoms with Crippen LogP contribution in [0.4, 0.5) is 0 Å². The fourth-order valence-corrected chi connectivity index (χ4v) is 4.12. The van der Waals surface area contributed by atoms with Crippen LogP contribution in [0.5, 0.6) is 0 Å². The van der Waals surface area contributed by atoms with E-state index in [1.54, 1.807) is 0 Å². The van der Waals surface area contributed by atoms with Gasteiger partial charge in [-0.15, -0.1) is 0 Å². The summed E-state index contributed by atoms with van der Waals surface area (Å²) in [6, 6.07) is 10.6. The molecule has 2 atom stereocenters. The summed E-state index contributed by atoms with van der Waals surface area (Å²) in [6.45, 7) is 7.02. The lowest BCUT2D eigenvalue weighted by Gasteiger charge is -2.36. The first-order chi connectivity index (χ1) is 9.97. The van der Waals surface area contributed by atoms with E-state index in [1.807, 2.05) is 0 Å². The lowest BCUT2D eigenvalue weighted by Crippen LogP contribution is -2.29. The maximum Gasteiger partial charge on any atom is 0.139 e. The molecule has 1 aromatic rings. The normalized spacial score (nSPS) is 32.7. The van der Waals surface area contributed by atoms with E-state index in [1.165, 1.54) is 18.4 Å². The van der Waals surface area contributed by atoms with Gasteiger partial charge in [-0.2, -0.15) is 0 Å². The molecule has 2 aliphatic rings. The molecule has 114 valence electrons. The third kappa shape index (κ3) is 3.22. The highest BCUT2D eigenvalue weighted by Crippen LogP contribution is 2.51. The Morgan fingerprint density at radius 3 is 2.19 bits per heavy atom. The van der Waals surface area contributed by atoms with Crippen LogP contribution in [0.3, 0.4) is 0 Å². The van der Waals surface area contributed by atoms with Gasteiger partial charge in [0.2, 0.25) is 0 Å². The van der Waals surface area contributed by atoms with Crippen LogP contribution >= 0.6 is 0 Å². The third-order valence-electron chi connectivity index (χ3n) is 5.74. The van der Waals surface area contributed by atoms with E-state index in [0.717, 1.165) is 25.2 Å². The van der Waals surface area contributed by atoms with E-state index in [2.05, 4.69) is 51.1 Å². The molecule has 0 aromatic heterocycles. The van der Waals surface area contributed by atoms with E-state index >= 15 is 0 Å². The van der Waals surface area contributed by atoms with Gasteiger partial charge in [-0.25, -0.2) is 0 Å². The van der Waals surface area contributed by atoms with Crippen LogP contribution in [-0.4, -0.2) is 5.78 Å². The average molecular weight is 284 g/mol. The molecule has 0 heterocycles. The summed E-state index contributed by atoms with van der Waals surface area (Å²) in [5.41, 5.74) is 1.76. The SMILES string of the molecule is CC(C)(C)C1CCC(C(=O)C2CC2c2ccccc2)CC1. The molecule has 0 radical (unpaired) electrons. The third-order valence-corrected chi connectivity index (χ3v) is 5.74. The number of Topliss-reactive ketones (excluding diaryl/α,β-unsaturated/α-hetero) is 1. The Balaban J connectivity index is 1.54. The number of carbonyl (C=O) groups is 1. The smallest absolute Gasteiger partial charge is 0.139 e. The van der Waals surface area contributed by atoms with Crippen LogP contribution < -0.4 is 0 Å². The first-order valence-electron chi connectivity index (χ1n) is 8.55. The zero-order valence-corrected chi connectivity index (χ0v) is 13.6. The van der Waals surface area contributed by atoms with Crippen molar-refractivity contribution in [1.29, 1.82) is 0 Å². The summed E-state index contributed by atoms with van der Waals surface area (Å²) < 4.78 is 0. The van der Waals surface area contributed by atoms with Crippen molar-refractivity contribution in [3.8, 4) is 0 Å². The van der Waals surface area contributed by atoms with Crippen molar-refractivity contribution in [3.63, 3.8) is 0 Å². The zero-order valence-electron chi connectivity index (χ0n) is 13.6. The topological polar surface area (TPSA) is 17.1 Å². The van der Waals surface area contributed by atoms with Gasteiger partial charge in [0.05, 0.1) is 0 Å². The van der Waals surface area contributed by atoms with Gasteiger partial charge in [0, 0.05) is 11.8 Å². The van der Waals surface area contributed by atoms with Crippen molar-refractivity contribution in [2.75, 3.05) is 0 Å². The molecule has 2 aliphatic carbocycles. The quantitative estimate of drug-likeness (QED) is 0.744. The predicted molar refractivity (Wildman–Crippen MR) is 87.2 cm³/mol. The van der Waals surface area contributed by atoms with Crippen LogP contribution in [0.15, 0.2) is 30.3 Å². The highest BCUT2D eigenvalue weighted by atomic mass is 16.1. The Kier molecular flexibility index (Phi) is 3.94. The molecule has 0 bridgehead atoms. The minimum absolute atomic E-state index is 0.323. The van der Waals surface area contributed by atoms with Crippen molar-refractivity contribution in [2.45, 2.75) is 58.8 Å². The van der Waals surface area contributed by atoms with Gasteiger partial charge in [-0.1, -0.05) is 51.1 Å². The van der Waals surface area contributed by atoms with Gasteiger partial charge in [0.1, 0.15) is 5.78 Å². The summed E-state index contributed by atoms with van der Waals surface area (Å²) in [4.78, 5) is 12.7. The second kappa shape index (κ2) is 5.59. The lowest BCUT2D eigenvalue weighted by molar-refractivity contribution is -0.125. The highest BCUT2D eigenvalue weighted by molar-refractivity contribution is 5.87. The maximum atomic E-state index is 12.7. The van der Waals surface area contributed by atoms with Crippen LogP contribution in [0.2, 0.25) is 0 Å². The molecule has 1 heteroatoms. The first kappa shape index (κ1) is 14.8. The molecule has 0 aliphatic heterocycles. The minimum Gasteiger partial charge on any atom is -0.299 e. The summed E-state index contributed by atoms with van der Waals surface area (Å²) in [7, 11) is 0. The standard InChI is InChI=1S/C20H28O/c1-20(2,3)16-11-9-15(10-12-16)19(21)18-13-17(18)14-7-5-4-6-8-14/h4-8,15-18H,9-13H2,1-3H3. The maximum absolute atomic E-state index is 12.7. The number of ketones is 1. The second-order valence-corrected chi connectivity index (χ2v) is 8.18. The Morgan fingerprint density at radius 1 is 1.00 bits per heavy atom. The van der Waals surface area contributed by atoms with E-state index in [9.17, 15) is 4.79 Å². The van der Waals surface area contributed by atoms with Crippen molar-refractivity contribution in [2.24, 2.45) is 23.2 Å². The van der Waals surface area contributed by atoms with Crippen molar-refractivity contribution in [1.82, 2.24) is 0 Å². The van der Waals surface area contributed by atoms with Crippen molar-refractivity contribution in [3.05, 3.63) is 35.9 Å². The molecular formula is C20H28O. The Labute approximate surface area is 129 Å². The monoisotopic (exact) mass is 284 g/mol. The fraction of sp³-hybridized carbons (Fsp3) is 0.650. The summed E-state index contributed by atoms with van der Waals surface area (Å²) >= 11 is 0. The largest absolute Gasteiger partial charge is 0.299 e. The molecule has 2 fully saturated rings. The average Bonchev–Trinajstić information content (AvgIpc) is 3.27. The van der Waals surface area contributed by atoms with E-state index in [4.69, 9.17) is 0 Å². The van der Waals surface area contributed by atoms with Crippen LogP contribution in [-0.2, 0) is 4.79 Å². The molecule has 0 N–H and O–H groups in total. The van der Waals surface area contributed by atoms with Crippen LogP contribution in [0.25, 0.3) is 0 Å². The minimum atomic E-state index is 0.323. The zero-order chi connectivity index (χ0) is 15.0. The Hall–Kier alpha value is -1.11. The lowest BCUT2D eigenvalue weighted by atomic mass is 9.69. The van der Waals surface area contributed by atoms with Gasteiger partial charge in [0.15, 0.2) is 0 Å². The number of hydrogen-bond donors (Lipinski definition) is 0. The van der Waals surface area contributed by atoms with Gasteiger partial charge >= 0.3 is 0 Å². The molecule has 0 spiro atoms. The molecular weight excluding hydrogens is 256 g/mol. The van der Waals surface area contributed by atoms with Crippen LogP contribution in [0.1, 0.15) is 64.4 Å². The molecule has 2 unspecified atom stereocenters. The first-order valence-corrected chi connectivity index (χ1v) is 8.55. The molecule has 3 rings (SSSR count). The number of rotatable bonds is 3. The summed E-state index contributed by atoms with van der Waals surface area (Å²) in [6.07, 6.45) is 5.81. The fourth-order valence-electron chi connectivity index (χ4n) is 4.12. The van der Waals surface area contributed by atoms with Crippen LogP contribution in [0, 0.1) is 23.2 Å².